The standard InChI is InChI=1S/C14H12Br2FNOS/c1-7-3-4-9(5-11(7)17)8(2)18-14(19)12-6-10(15)13(16)20-12/h3-6,8H,1-2H3,(H,18,19). The lowest BCUT2D eigenvalue weighted by Crippen LogP contribution is -2.25. The maximum absolute atomic E-state index is 13.5. The molecule has 0 spiro atoms. The van der Waals surface area contributed by atoms with Gasteiger partial charge in [0.25, 0.3) is 5.91 Å². The van der Waals surface area contributed by atoms with Crippen LogP contribution >= 0.6 is 43.2 Å². The molecule has 6 heteroatoms. The predicted molar refractivity (Wildman–Crippen MR) is 86.7 cm³/mol. The molecule has 0 fully saturated rings. The third kappa shape index (κ3) is 3.48. The minimum Gasteiger partial charge on any atom is -0.345 e. The molecule has 1 amide bonds. The average molecular weight is 421 g/mol. The van der Waals surface area contributed by atoms with Crippen LogP contribution in [0.25, 0.3) is 0 Å². The van der Waals surface area contributed by atoms with E-state index in [4.69, 9.17) is 0 Å². The molecule has 1 aromatic carbocycles. The van der Waals surface area contributed by atoms with Crippen LogP contribution in [0.3, 0.4) is 0 Å². The normalized spacial score (nSPS) is 12.2. The predicted octanol–water partition coefficient (Wildman–Crippen LogP) is 5.21. The van der Waals surface area contributed by atoms with Gasteiger partial charge in [-0.2, -0.15) is 0 Å². The van der Waals surface area contributed by atoms with Crippen LogP contribution in [0.5, 0.6) is 0 Å². The third-order valence-electron chi connectivity index (χ3n) is 2.91. The van der Waals surface area contributed by atoms with E-state index >= 15 is 0 Å². The van der Waals surface area contributed by atoms with Gasteiger partial charge < -0.3 is 5.32 Å². The van der Waals surface area contributed by atoms with Crippen LogP contribution in [-0.4, -0.2) is 5.91 Å². The van der Waals surface area contributed by atoms with Gasteiger partial charge in [-0.25, -0.2) is 4.39 Å². The highest BCUT2D eigenvalue weighted by Gasteiger charge is 2.15. The number of amides is 1. The summed E-state index contributed by atoms with van der Waals surface area (Å²) in [5.74, 6) is -0.430. The van der Waals surface area contributed by atoms with Gasteiger partial charge in [0.05, 0.1) is 14.7 Å². The molecule has 20 heavy (non-hydrogen) atoms. The Balaban J connectivity index is 2.12. The molecular formula is C14H12Br2FNOS. The molecule has 0 radical (unpaired) electrons. The number of carbonyl (C=O) groups is 1. The second-order valence-electron chi connectivity index (χ2n) is 4.44. The van der Waals surface area contributed by atoms with Gasteiger partial charge in [-0.3, -0.25) is 4.79 Å². The monoisotopic (exact) mass is 419 g/mol. The van der Waals surface area contributed by atoms with Crippen molar-refractivity contribution in [2.75, 3.05) is 0 Å². The zero-order chi connectivity index (χ0) is 14.9. The highest BCUT2D eigenvalue weighted by molar-refractivity contribution is 9.13. The topological polar surface area (TPSA) is 29.1 Å². The molecule has 0 saturated carbocycles. The number of benzene rings is 1. The van der Waals surface area contributed by atoms with Crippen LogP contribution in [0.4, 0.5) is 4.39 Å². The number of aryl methyl sites for hydroxylation is 1. The zero-order valence-electron chi connectivity index (χ0n) is 10.8. The van der Waals surface area contributed by atoms with Crippen molar-refractivity contribution in [3.63, 3.8) is 0 Å². The van der Waals surface area contributed by atoms with Crippen molar-refractivity contribution < 1.29 is 9.18 Å². The van der Waals surface area contributed by atoms with Crippen LogP contribution in [0, 0.1) is 12.7 Å². The van der Waals surface area contributed by atoms with E-state index in [-0.39, 0.29) is 17.8 Å². The van der Waals surface area contributed by atoms with E-state index in [1.165, 1.54) is 17.4 Å². The molecule has 1 aromatic heterocycles. The van der Waals surface area contributed by atoms with Crippen molar-refractivity contribution in [2.45, 2.75) is 19.9 Å². The van der Waals surface area contributed by atoms with Crippen LogP contribution in [0.1, 0.15) is 33.8 Å². The van der Waals surface area contributed by atoms with Gasteiger partial charge in [-0.15, -0.1) is 11.3 Å². The van der Waals surface area contributed by atoms with Crippen LogP contribution in [0.2, 0.25) is 0 Å². The largest absolute Gasteiger partial charge is 0.345 e. The molecule has 0 aliphatic carbocycles. The summed E-state index contributed by atoms with van der Waals surface area (Å²) in [5, 5.41) is 2.86. The van der Waals surface area contributed by atoms with E-state index < -0.39 is 0 Å². The first kappa shape index (κ1) is 15.7. The van der Waals surface area contributed by atoms with Crippen LogP contribution in [0.15, 0.2) is 32.5 Å². The first-order chi connectivity index (χ1) is 9.38. The Morgan fingerprint density at radius 1 is 1.35 bits per heavy atom. The van der Waals surface area contributed by atoms with E-state index in [9.17, 15) is 9.18 Å². The maximum Gasteiger partial charge on any atom is 0.261 e. The van der Waals surface area contributed by atoms with Gasteiger partial charge in [0.2, 0.25) is 0 Å². The Hall–Kier alpha value is -0.720. The van der Waals surface area contributed by atoms with Crippen LogP contribution < -0.4 is 5.32 Å². The highest BCUT2D eigenvalue weighted by atomic mass is 79.9. The summed E-state index contributed by atoms with van der Waals surface area (Å²) < 4.78 is 15.3. The van der Waals surface area contributed by atoms with Crippen molar-refractivity contribution in [3.8, 4) is 0 Å². The molecule has 2 aromatic rings. The summed E-state index contributed by atoms with van der Waals surface area (Å²) in [7, 11) is 0. The van der Waals surface area contributed by atoms with Crippen molar-refractivity contribution >= 4 is 49.1 Å². The second kappa shape index (κ2) is 6.37. The molecule has 0 saturated heterocycles. The van der Waals surface area contributed by atoms with E-state index in [1.807, 2.05) is 13.0 Å². The van der Waals surface area contributed by atoms with Gasteiger partial charge in [-0.1, -0.05) is 12.1 Å². The van der Waals surface area contributed by atoms with Crippen molar-refractivity contribution in [1.29, 1.82) is 0 Å². The molecule has 1 N–H and O–H groups in total. The molecule has 1 atom stereocenters. The molecule has 0 aliphatic heterocycles. The Morgan fingerprint density at radius 3 is 2.60 bits per heavy atom. The smallest absolute Gasteiger partial charge is 0.261 e. The lowest BCUT2D eigenvalue weighted by Gasteiger charge is -2.14. The number of thiophene rings is 1. The second-order valence-corrected chi connectivity index (χ2v) is 7.66. The minimum absolute atomic E-state index is 0.171. The number of hydrogen-bond acceptors (Lipinski definition) is 2. The Kier molecular flexibility index (Phi) is 4.99. The number of rotatable bonds is 3. The SMILES string of the molecule is Cc1ccc(C(C)NC(=O)c2cc(Br)c(Br)s2)cc1F. The van der Waals surface area contributed by atoms with Crippen molar-refractivity contribution in [1.82, 2.24) is 5.32 Å². The highest BCUT2D eigenvalue weighted by Crippen LogP contribution is 2.32. The average Bonchev–Trinajstić information content (AvgIpc) is 2.73. The summed E-state index contributed by atoms with van der Waals surface area (Å²) in [4.78, 5) is 12.7. The third-order valence-corrected chi connectivity index (χ3v) is 6.17. The Labute approximate surface area is 137 Å². The van der Waals surface area contributed by atoms with Gasteiger partial charge in [-0.05, 0) is 69.0 Å². The maximum atomic E-state index is 13.5. The van der Waals surface area contributed by atoms with Gasteiger partial charge in [0.15, 0.2) is 0 Å². The quantitative estimate of drug-likeness (QED) is 0.725. The first-order valence-corrected chi connectivity index (χ1v) is 8.30. The zero-order valence-corrected chi connectivity index (χ0v) is 14.8. The number of carbonyl (C=O) groups excluding carboxylic acids is 1. The fraction of sp³-hybridized carbons (Fsp3) is 0.214. The summed E-state index contributed by atoms with van der Waals surface area (Å²) >= 11 is 8.05. The lowest BCUT2D eigenvalue weighted by molar-refractivity contribution is 0.0944. The lowest BCUT2D eigenvalue weighted by atomic mass is 10.1. The van der Waals surface area contributed by atoms with Gasteiger partial charge >= 0.3 is 0 Å². The van der Waals surface area contributed by atoms with E-state index in [1.54, 1.807) is 19.1 Å². The van der Waals surface area contributed by atoms with Crippen LogP contribution in [-0.2, 0) is 0 Å². The number of nitrogens with one attached hydrogen (secondary N) is 1. The molecule has 1 heterocycles. The number of hydrogen-bond donors (Lipinski definition) is 1. The summed E-state index contributed by atoms with van der Waals surface area (Å²) in [5.41, 5.74) is 1.34. The van der Waals surface area contributed by atoms with Crippen molar-refractivity contribution in [3.05, 3.63) is 54.3 Å². The summed E-state index contributed by atoms with van der Waals surface area (Å²) in [6.45, 7) is 3.54. The molecule has 2 nitrogen and oxygen atoms in total. The molecule has 0 aliphatic rings. The fourth-order valence-electron chi connectivity index (χ4n) is 1.69. The molecular weight excluding hydrogens is 409 g/mol. The molecule has 0 bridgehead atoms. The fourth-order valence-corrected chi connectivity index (χ4v) is 3.63. The number of halogens is 3. The van der Waals surface area contributed by atoms with Gasteiger partial charge in [0, 0.05) is 4.47 Å². The summed E-state index contributed by atoms with van der Waals surface area (Å²) in [6.07, 6.45) is 0. The first-order valence-electron chi connectivity index (χ1n) is 5.90. The Morgan fingerprint density at radius 2 is 2.05 bits per heavy atom. The van der Waals surface area contributed by atoms with E-state index in [2.05, 4.69) is 37.2 Å². The van der Waals surface area contributed by atoms with E-state index in [0.717, 1.165) is 13.8 Å². The van der Waals surface area contributed by atoms with E-state index in [0.29, 0.717) is 10.4 Å². The minimum atomic E-state index is -0.259. The molecule has 2 rings (SSSR count). The molecule has 106 valence electrons. The van der Waals surface area contributed by atoms with Crippen molar-refractivity contribution in [2.24, 2.45) is 0 Å². The Bertz CT molecular complexity index is 637. The molecule has 1 unspecified atom stereocenters. The summed E-state index contributed by atoms with van der Waals surface area (Å²) in [6, 6.07) is 6.50. The van der Waals surface area contributed by atoms with Gasteiger partial charge in [0.1, 0.15) is 5.82 Å².